The highest BCUT2D eigenvalue weighted by Gasteiger charge is 2.12. The fourth-order valence-corrected chi connectivity index (χ4v) is 2.43. The molecule has 0 atom stereocenters. The molecule has 0 aromatic heterocycles. The average molecular weight is 344 g/mol. The van der Waals surface area contributed by atoms with Gasteiger partial charge in [0.25, 0.3) is 0 Å². The van der Waals surface area contributed by atoms with Crippen molar-refractivity contribution in [3.05, 3.63) is 59.9 Å². The molecule has 0 fully saturated rings. The summed E-state index contributed by atoms with van der Waals surface area (Å²) < 4.78 is 18.2. The molecule has 0 saturated heterocycles. The first kappa shape index (κ1) is 18.4. The molecule has 0 aliphatic heterocycles. The van der Waals surface area contributed by atoms with Gasteiger partial charge < -0.3 is 15.0 Å². The highest BCUT2D eigenvalue weighted by atomic mass is 19.1. The van der Waals surface area contributed by atoms with Crippen molar-refractivity contribution >= 4 is 17.5 Å². The van der Waals surface area contributed by atoms with Crippen LogP contribution in [0.1, 0.15) is 12.5 Å². The van der Waals surface area contributed by atoms with E-state index in [4.69, 9.17) is 4.74 Å². The predicted octanol–water partition coefficient (Wildman–Crippen LogP) is 2.55. The molecule has 1 N–H and O–H groups in total. The Hall–Kier alpha value is -2.89. The van der Waals surface area contributed by atoms with E-state index in [0.29, 0.717) is 24.4 Å². The van der Waals surface area contributed by atoms with Crippen molar-refractivity contribution in [3.63, 3.8) is 0 Å². The number of rotatable bonds is 7. The second kappa shape index (κ2) is 8.82. The van der Waals surface area contributed by atoms with E-state index >= 15 is 0 Å². The predicted molar refractivity (Wildman–Crippen MR) is 94.1 cm³/mol. The number of nitrogens with one attached hydrogen (secondary N) is 1. The first-order valence-corrected chi connectivity index (χ1v) is 7.93. The Morgan fingerprint density at radius 1 is 1.16 bits per heavy atom. The number of methoxy groups -OCH3 is 1. The lowest BCUT2D eigenvalue weighted by molar-refractivity contribution is -0.121. The SMILES string of the molecule is COc1ccc(N(CCNC(=O)Cc2cccc(F)c2)C(C)=O)cc1. The molecule has 0 heterocycles. The smallest absolute Gasteiger partial charge is 0.224 e. The molecule has 0 radical (unpaired) electrons. The summed E-state index contributed by atoms with van der Waals surface area (Å²) in [5.41, 5.74) is 1.34. The third kappa shape index (κ3) is 5.60. The maximum absolute atomic E-state index is 13.1. The Bertz CT molecular complexity index is 732. The monoisotopic (exact) mass is 344 g/mol. The van der Waals surface area contributed by atoms with E-state index in [0.717, 1.165) is 5.69 Å². The van der Waals surface area contributed by atoms with Gasteiger partial charge in [0, 0.05) is 25.7 Å². The molecule has 0 bridgehead atoms. The molecule has 25 heavy (non-hydrogen) atoms. The summed E-state index contributed by atoms with van der Waals surface area (Å²) >= 11 is 0. The highest BCUT2D eigenvalue weighted by Crippen LogP contribution is 2.19. The molecule has 2 aromatic carbocycles. The molecule has 132 valence electrons. The van der Waals surface area contributed by atoms with Crippen molar-refractivity contribution in [2.24, 2.45) is 0 Å². The van der Waals surface area contributed by atoms with E-state index in [9.17, 15) is 14.0 Å². The van der Waals surface area contributed by atoms with Gasteiger partial charge in [0.1, 0.15) is 11.6 Å². The largest absolute Gasteiger partial charge is 0.497 e. The quantitative estimate of drug-likeness (QED) is 0.840. The van der Waals surface area contributed by atoms with Crippen LogP contribution in [0.3, 0.4) is 0 Å². The molecule has 0 spiro atoms. The van der Waals surface area contributed by atoms with Crippen molar-refractivity contribution in [1.29, 1.82) is 0 Å². The number of hydrogen-bond donors (Lipinski definition) is 1. The van der Waals surface area contributed by atoms with Gasteiger partial charge in [-0.2, -0.15) is 0 Å². The topological polar surface area (TPSA) is 58.6 Å². The third-order valence-corrected chi connectivity index (χ3v) is 3.68. The fraction of sp³-hybridized carbons (Fsp3) is 0.263. The molecule has 0 saturated carbocycles. The van der Waals surface area contributed by atoms with Gasteiger partial charge in [0.05, 0.1) is 13.5 Å². The third-order valence-electron chi connectivity index (χ3n) is 3.68. The Kier molecular flexibility index (Phi) is 6.51. The number of amides is 2. The maximum Gasteiger partial charge on any atom is 0.224 e. The van der Waals surface area contributed by atoms with Crippen LogP contribution in [0, 0.1) is 5.82 Å². The van der Waals surface area contributed by atoms with Gasteiger partial charge in [-0.1, -0.05) is 12.1 Å². The van der Waals surface area contributed by atoms with Gasteiger partial charge in [0.15, 0.2) is 0 Å². The minimum atomic E-state index is -0.368. The molecular formula is C19H21FN2O3. The number of benzene rings is 2. The minimum absolute atomic E-state index is 0.0976. The van der Waals surface area contributed by atoms with Gasteiger partial charge in [-0.3, -0.25) is 9.59 Å². The molecule has 6 heteroatoms. The molecular weight excluding hydrogens is 323 g/mol. The summed E-state index contributed by atoms with van der Waals surface area (Å²) in [6, 6.07) is 13.0. The number of ether oxygens (including phenoxy) is 1. The van der Waals surface area contributed by atoms with Crippen LogP contribution in [0.5, 0.6) is 5.75 Å². The van der Waals surface area contributed by atoms with Gasteiger partial charge in [-0.05, 0) is 42.0 Å². The zero-order chi connectivity index (χ0) is 18.2. The Labute approximate surface area is 146 Å². The highest BCUT2D eigenvalue weighted by molar-refractivity contribution is 5.91. The second-order valence-corrected chi connectivity index (χ2v) is 5.53. The molecule has 2 rings (SSSR count). The molecule has 0 aliphatic carbocycles. The number of halogens is 1. The summed E-state index contributed by atoms with van der Waals surface area (Å²) in [5, 5.41) is 2.75. The van der Waals surface area contributed by atoms with Gasteiger partial charge in [0.2, 0.25) is 11.8 Å². The van der Waals surface area contributed by atoms with Gasteiger partial charge >= 0.3 is 0 Å². The summed E-state index contributed by atoms with van der Waals surface area (Å²) in [5.74, 6) is -0.00316. The summed E-state index contributed by atoms with van der Waals surface area (Å²) in [6.07, 6.45) is 0.0976. The van der Waals surface area contributed by atoms with E-state index in [1.54, 1.807) is 48.4 Å². The molecule has 0 aliphatic rings. The van der Waals surface area contributed by atoms with E-state index in [1.807, 2.05) is 0 Å². The minimum Gasteiger partial charge on any atom is -0.497 e. The summed E-state index contributed by atoms with van der Waals surface area (Å²) in [6.45, 7) is 2.12. The van der Waals surface area contributed by atoms with Gasteiger partial charge in [-0.15, -0.1) is 0 Å². The normalized spacial score (nSPS) is 10.2. The van der Waals surface area contributed by atoms with E-state index in [-0.39, 0.29) is 24.1 Å². The lowest BCUT2D eigenvalue weighted by Gasteiger charge is -2.21. The standard InChI is InChI=1S/C19H21FN2O3/c1-14(23)22(17-6-8-18(25-2)9-7-17)11-10-21-19(24)13-15-4-3-5-16(20)12-15/h3-9,12H,10-11,13H2,1-2H3,(H,21,24). The first-order valence-electron chi connectivity index (χ1n) is 7.93. The van der Waals surface area contributed by atoms with Crippen molar-refractivity contribution in [1.82, 2.24) is 5.32 Å². The number of carbonyl (C=O) groups excluding carboxylic acids is 2. The van der Waals surface area contributed by atoms with Crippen LogP contribution >= 0.6 is 0 Å². The summed E-state index contributed by atoms with van der Waals surface area (Å²) in [7, 11) is 1.58. The van der Waals surface area contributed by atoms with E-state index < -0.39 is 0 Å². The lowest BCUT2D eigenvalue weighted by atomic mass is 10.1. The zero-order valence-corrected chi connectivity index (χ0v) is 14.3. The van der Waals surface area contributed by atoms with Crippen LogP contribution in [0.4, 0.5) is 10.1 Å². The molecule has 5 nitrogen and oxygen atoms in total. The fourth-order valence-electron chi connectivity index (χ4n) is 2.43. The van der Waals surface area contributed by atoms with E-state index in [2.05, 4.69) is 5.32 Å². The van der Waals surface area contributed by atoms with Crippen molar-refractivity contribution in [2.45, 2.75) is 13.3 Å². The van der Waals surface area contributed by atoms with Crippen molar-refractivity contribution in [2.75, 3.05) is 25.1 Å². The van der Waals surface area contributed by atoms with E-state index in [1.165, 1.54) is 19.1 Å². The van der Waals surface area contributed by atoms with Crippen LogP contribution in [-0.4, -0.2) is 32.0 Å². The van der Waals surface area contributed by atoms with Crippen LogP contribution in [0.15, 0.2) is 48.5 Å². The average Bonchev–Trinajstić information content (AvgIpc) is 2.58. The van der Waals surface area contributed by atoms with Crippen LogP contribution in [0.2, 0.25) is 0 Å². The van der Waals surface area contributed by atoms with Crippen LogP contribution in [0.25, 0.3) is 0 Å². The molecule has 2 aromatic rings. The Balaban J connectivity index is 1.88. The zero-order valence-electron chi connectivity index (χ0n) is 14.3. The maximum atomic E-state index is 13.1. The number of nitrogens with zero attached hydrogens (tertiary/aromatic N) is 1. The number of hydrogen-bond acceptors (Lipinski definition) is 3. The molecule has 2 amide bonds. The number of carbonyl (C=O) groups is 2. The number of anilines is 1. The van der Waals surface area contributed by atoms with Crippen LogP contribution < -0.4 is 15.0 Å². The van der Waals surface area contributed by atoms with Crippen molar-refractivity contribution in [3.8, 4) is 5.75 Å². The first-order chi connectivity index (χ1) is 12.0. The van der Waals surface area contributed by atoms with Crippen LogP contribution in [-0.2, 0) is 16.0 Å². The molecule has 0 unspecified atom stereocenters. The second-order valence-electron chi connectivity index (χ2n) is 5.53. The summed E-state index contributed by atoms with van der Waals surface area (Å²) in [4.78, 5) is 25.4. The Morgan fingerprint density at radius 3 is 2.48 bits per heavy atom. The van der Waals surface area contributed by atoms with Gasteiger partial charge in [-0.25, -0.2) is 4.39 Å². The lowest BCUT2D eigenvalue weighted by Crippen LogP contribution is -2.38. The Morgan fingerprint density at radius 2 is 1.88 bits per heavy atom. The van der Waals surface area contributed by atoms with Crippen molar-refractivity contribution < 1.29 is 18.7 Å².